The van der Waals surface area contributed by atoms with Gasteiger partial charge >= 0.3 is 5.97 Å². The van der Waals surface area contributed by atoms with Gasteiger partial charge in [-0.1, -0.05) is 0 Å². The molecule has 2 aromatic rings. The summed E-state index contributed by atoms with van der Waals surface area (Å²) in [6.45, 7) is 6.55. The fraction of sp³-hybridized carbons (Fsp3) is 0.462. The summed E-state index contributed by atoms with van der Waals surface area (Å²) in [6, 6.07) is 0.194. The Morgan fingerprint density at radius 1 is 1.47 bits per heavy atom. The van der Waals surface area contributed by atoms with Crippen molar-refractivity contribution < 1.29 is 9.90 Å². The summed E-state index contributed by atoms with van der Waals surface area (Å²) >= 11 is 1.61. The van der Waals surface area contributed by atoms with Gasteiger partial charge in [-0.15, -0.1) is 11.3 Å². The van der Waals surface area contributed by atoms with E-state index in [4.69, 9.17) is 5.11 Å². The van der Waals surface area contributed by atoms with Crippen LogP contribution in [0, 0.1) is 6.92 Å². The Morgan fingerprint density at radius 3 is 2.84 bits per heavy atom. The van der Waals surface area contributed by atoms with Crippen molar-refractivity contribution in [3.05, 3.63) is 17.3 Å². The second kappa shape index (κ2) is 5.52. The van der Waals surface area contributed by atoms with Crippen LogP contribution in [0.4, 0.5) is 5.82 Å². The van der Waals surface area contributed by atoms with Gasteiger partial charge in [0.05, 0.1) is 16.6 Å². The third kappa shape index (κ3) is 2.84. The first kappa shape index (κ1) is 13.7. The van der Waals surface area contributed by atoms with Crippen molar-refractivity contribution in [2.75, 3.05) is 11.4 Å². The van der Waals surface area contributed by atoms with Crippen molar-refractivity contribution in [3.8, 4) is 0 Å². The number of rotatable bonds is 5. The molecule has 2 rings (SSSR count). The molecule has 0 saturated carbocycles. The smallest absolute Gasteiger partial charge is 0.305 e. The SMILES string of the molecule is Cc1csc2c(N(CCC(=O)O)C(C)C)ncnc12. The number of thiophene rings is 1. The summed E-state index contributed by atoms with van der Waals surface area (Å²) in [5.74, 6) is 0.0395. The average molecular weight is 279 g/mol. The van der Waals surface area contributed by atoms with Crippen LogP contribution in [0.1, 0.15) is 25.8 Å². The number of nitrogens with zero attached hydrogens (tertiary/aromatic N) is 3. The predicted octanol–water partition coefficient (Wildman–Crippen LogP) is 2.69. The highest BCUT2D eigenvalue weighted by Gasteiger charge is 2.18. The minimum absolute atomic E-state index is 0.105. The van der Waals surface area contributed by atoms with Crippen LogP contribution in [0.2, 0.25) is 0 Å². The number of hydrogen-bond donors (Lipinski definition) is 1. The van der Waals surface area contributed by atoms with E-state index in [0.717, 1.165) is 21.6 Å². The van der Waals surface area contributed by atoms with Gasteiger partial charge in [-0.05, 0) is 31.7 Å². The van der Waals surface area contributed by atoms with Gasteiger partial charge in [0.2, 0.25) is 0 Å². The molecular formula is C13H17N3O2S. The van der Waals surface area contributed by atoms with E-state index in [0.29, 0.717) is 6.54 Å². The Hall–Kier alpha value is -1.69. The van der Waals surface area contributed by atoms with Crippen LogP contribution in [0.15, 0.2) is 11.7 Å². The molecule has 2 aromatic heterocycles. The fourth-order valence-electron chi connectivity index (χ4n) is 1.99. The number of aryl methyl sites for hydroxylation is 1. The van der Waals surface area contributed by atoms with Gasteiger partial charge in [-0.25, -0.2) is 9.97 Å². The summed E-state index contributed by atoms with van der Waals surface area (Å²) < 4.78 is 1.03. The van der Waals surface area contributed by atoms with E-state index >= 15 is 0 Å². The Kier molecular flexibility index (Phi) is 3.99. The van der Waals surface area contributed by atoms with Crippen LogP contribution in [0.25, 0.3) is 10.2 Å². The first-order chi connectivity index (χ1) is 9.00. The maximum absolute atomic E-state index is 10.8. The van der Waals surface area contributed by atoms with Gasteiger partial charge in [0.15, 0.2) is 0 Å². The van der Waals surface area contributed by atoms with Crippen LogP contribution in [0.3, 0.4) is 0 Å². The van der Waals surface area contributed by atoms with E-state index in [1.807, 2.05) is 25.7 Å². The maximum Gasteiger partial charge on any atom is 0.305 e. The highest BCUT2D eigenvalue weighted by atomic mass is 32.1. The lowest BCUT2D eigenvalue weighted by Crippen LogP contribution is -2.33. The molecule has 0 amide bonds. The highest BCUT2D eigenvalue weighted by molar-refractivity contribution is 7.18. The third-order valence-electron chi connectivity index (χ3n) is 2.97. The van der Waals surface area contributed by atoms with Gasteiger partial charge in [0.1, 0.15) is 12.1 Å². The molecule has 102 valence electrons. The minimum Gasteiger partial charge on any atom is -0.481 e. The molecule has 0 radical (unpaired) electrons. The molecule has 1 N–H and O–H groups in total. The molecule has 0 fully saturated rings. The third-order valence-corrected chi connectivity index (χ3v) is 4.06. The lowest BCUT2D eigenvalue weighted by molar-refractivity contribution is -0.136. The molecule has 0 aliphatic heterocycles. The van der Waals surface area contributed by atoms with E-state index in [2.05, 4.69) is 15.3 Å². The molecule has 0 unspecified atom stereocenters. The first-order valence-corrected chi connectivity index (χ1v) is 7.06. The molecule has 0 aliphatic carbocycles. The monoisotopic (exact) mass is 279 g/mol. The van der Waals surface area contributed by atoms with Gasteiger partial charge in [-0.2, -0.15) is 0 Å². The number of aliphatic carboxylic acids is 1. The van der Waals surface area contributed by atoms with Crippen LogP contribution in [-0.2, 0) is 4.79 Å². The number of carbonyl (C=O) groups is 1. The van der Waals surface area contributed by atoms with Crippen molar-refractivity contribution in [3.63, 3.8) is 0 Å². The van der Waals surface area contributed by atoms with Crippen molar-refractivity contribution in [1.29, 1.82) is 0 Å². The van der Waals surface area contributed by atoms with E-state index in [9.17, 15) is 4.79 Å². The maximum atomic E-state index is 10.8. The zero-order valence-corrected chi connectivity index (χ0v) is 12.1. The minimum atomic E-state index is -0.793. The standard InChI is InChI=1S/C13H17N3O2S/c1-8(2)16(5-4-10(17)18)13-12-11(14-7-15-13)9(3)6-19-12/h6-8H,4-5H2,1-3H3,(H,17,18). The summed E-state index contributed by atoms with van der Waals surface area (Å²) in [6.07, 6.45) is 1.65. The molecule has 6 heteroatoms. The zero-order valence-electron chi connectivity index (χ0n) is 11.3. The Morgan fingerprint density at radius 2 is 2.21 bits per heavy atom. The number of carboxylic acids is 1. The summed E-state index contributed by atoms with van der Waals surface area (Å²) in [4.78, 5) is 21.4. The molecule has 2 heterocycles. The second-order valence-corrected chi connectivity index (χ2v) is 5.60. The molecular weight excluding hydrogens is 262 g/mol. The average Bonchev–Trinajstić information content (AvgIpc) is 2.72. The zero-order chi connectivity index (χ0) is 14.0. The molecule has 0 atom stereocenters. The Bertz CT molecular complexity index is 595. The van der Waals surface area contributed by atoms with Crippen LogP contribution >= 0.6 is 11.3 Å². The Balaban J connectivity index is 2.41. The number of fused-ring (bicyclic) bond motifs is 1. The number of carboxylic acid groups (broad SMARTS) is 1. The van der Waals surface area contributed by atoms with Crippen molar-refractivity contribution in [1.82, 2.24) is 9.97 Å². The quantitative estimate of drug-likeness (QED) is 0.911. The van der Waals surface area contributed by atoms with Crippen LogP contribution in [0.5, 0.6) is 0 Å². The molecule has 0 bridgehead atoms. The fourth-order valence-corrected chi connectivity index (χ4v) is 2.99. The van der Waals surface area contributed by atoms with Gasteiger partial charge in [-0.3, -0.25) is 4.79 Å². The molecule has 19 heavy (non-hydrogen) atoms. The normalized spacial score (nSPS) is 11.2. The lowest BCUT2D eigenvalue weighted by Gasteiger charge is -2.27. The number of aromatic nitrogens is 2. The van der Waals surface area contributed by atoms with E-state index in [-0.39, 0.29) is 12.5 Å². The topological polar surface area (TPSA) is 66.3 Å². The van der Waals surface area contributed by atoms with Crippen molar-refractivity contribution >= 4 is 33.3 Å². The van der Waals surface area contributed by atoms with Crippen molar-refractivity contribution in [2.24, 2.45) is 0 Å². The molecule has 0 spiro atoms. The summed E-state index contributed by atoms with van der Waals surface area (Å²) in [7, 11) is 0. The van der Waals surface area contributed by atoms with E-state index < -0.39 is 5.97 Å². The molecule has 5 nitrogen and oxygen atoms in total. The molecule has 0 aliphatic rings. The second-order valence-electron chi connectivity index (χ2n) is 4.72. The first-order valence-electron chi connectivity index (χ1n) is 6.18. The lowest BCUT2D eigenvalue weighted by atomic mass is 10.2. The van der Waals surface area contributed by atoms with Gasteiger partial charge in [0.25, 0.3) is 0 Å². The van der Waals surface area contributed by atoms with Crippen LogP contribution < -0.4 is 4.90 Å². The number of hydrogen-bond acceptors (Lipinski definition) is 5. The molecule has 0 aromatic carbocycles. The number of anilines is 1. The largest absolute Gasteiger partial charge is 0.481 e. The molecule has 0 saturated heterocycles. The summed E-state index contributed by atoms with van der Waals surface area (Å²) in [5, 5.41) is 10.9. The van der Waals surface area contributed by atoms with Crippen LogP contribution in [-0.4, -0.2) is 33.6 Å². The highest BCUT2D eigenvalue weighted by Crippen LogP contribution is 2.31. The summed E-state index contributed by atoms with van der Waals surface area (Å²) in [5.41, 5.74) is 2.08. The van der Waals surface area contributed by atoms with Gasteiger partial charge < -0.3 is 10.0 Å². The Labute approximate surface area is 115 Å². The van der Waals surface area contributed by atoms with Crippen molar-refractivity contribution in [2.45, 2.75) is 33.2 Å². The van der Waals surface area contributed by atoms with E-state index in [1.54, 1.807) is 17.7 Å². The predicted molar refractivity (Wildman–Crippen MR) is 76.9 cm³/mol. The van der Waals surface area contributed by atoms with E-state index in [1.165, 1.54) is 0 Å². The van der Waals surface area contributed by atoms with Gasteiger partial charge in [0, 0.05) is 12.6 Å².